The molecule has 170 valence electrons. The highest BCUT2D eigenvalue weighted by Gasteiger charge is 2.25. The number of carbonyl (C=O) groups is 2. The number of carbonyl (C=O) groups excluding carboxylic acids is 2. The number of rotatable bonds is 7. The summed E-state index contributed by atoms with van der Waals surface area (Å²) in [4.78, 5) is 25.9. The van der Waals surface area contributed by atoms with Crippen molar-refractivity contribution in [3.8, 4) is 11.5 Å². The van der Waals surface area contributed by atoms with Gasteiger partial charge in [-0.05, 0) is 72.6 Å². The molecule has 1 fully saturated rings. The molecule has 0 N–H and O–H groups in total. The molecule has 0 heterocycles. The van der Waals surface area contributed by atoms with Crippen LogP contribution < -0.4 is 9.47 Å². The van der Waals surface area contributed by atoms with E-state index in [0.29, 0.717) is 40.9 Å². The van der Waals surface area contributed by atoms with Crippen molar-refractivity contribution >= 4 is 11.9 Å². The second-order valence-corrected chi connectivity index (χ2v) is 9.10. The maximum absolute atomic E-state index is 12.9. The van der Waals surface area contributed by atoms with E-state index in [9.17, 15) is 9.59 Å². The Morgan fingerprint density at radius 1 is 0.818 bits per heavy atom. The maximum atomic E-state index is 12.9. The molecule has 0 spiro atoms. The summed E-state index contributed by atoms with van der Waals surface area (Å²) in [5.74, 6) is 0.495. The molecular weight excluding hydrogens is 412 g/mol. The van der Waals surface area contributed by atoms with E-state index in [1.807, 2.05) is 18.2 Å². The van der Waals surface area contributed by atoms with Crippen LogP contribution in [0.2, 0.25) is 0 Å². The van der Waals surface area contributed by atoms with Gasteiger partial charge in [0.2, 0.25) is 0 Å². The molecule has 3 aromatic rings. The molecule has 1 aliphatic carbocycles. The molecule has 0 radical (unpaired) electrons. The van der Waals surface area contributed by atoms with Crippen molar-refractivity contribution in [1.29, 1.82) is 0 Å². The lowest BCUT2D eigenvalue weighted by Crippen LogP contribution is -2.15. The van der Waals surface area contributed by atoms with Crippen molar-refractivity contribution in [1.82, 2.24) is 0 Å². The molecule has 4 rings (SSSR count). The third-order valence-corrected chi connectivity index (χ3v) is 6.03. The van der Waals surface area contributed by atoms with Gasteiger partial charge in [0.15, 0.2) is 11.5 Å². The van der Waals surface area contributed by atoms with E-state index in [0.717, 1.165) is 24.0 Å². The summed E-state index contributed by atoms with van der Waals surface area (Å²) >= 11 is 0. The zero-order valence-electron chi connectivity index (χ0n) is 19.3. The normalized spacial score (nSPS) is 13.8. The SMILES string of the molecule is CC(C)Cc1cc(C2CCCC2)cc(OC(=O)c2ccccc2)c1OC(=O)c1ccccc1. The first-order chi connectivity index (χ1) is 16.0. The molecule has 0 saturated heterocycles. The molecule has 4 nitrogen and oxygen atoms in total. The highest BCUT2D eigenvalue weighted by atomic mass is 16.6. The Bertz CT molecular complexity index is 1100. The smallest absolute Gasteiger partial charge is 0.343 e. The Balaban J connectivity index is 1.76. The van der Waals surface area contributed by atoms with Crippen LogP contribution >= 0.6 is 0 Å². The molecule has 4 heteroatoms. The van der Waals surface area contributed by atoms with Crippen LogP contribution in [0.25, 0.3) is 0 Å². The second kappa shape index (κ2) is 10.5. The molecule has 3 aromatic carbocycles. The zero-order valence-corrected chi connectivity index (χ0v) is 19.3. The standard InChI is InChI=1S/C29H30O4/c1-20(2)17-25-18-24(21-11-9-10-12-21)19-26(32-28(30)22-13-5-3-6-14-22)27(25)33-29(31)23-15-7-4-8-16-23/h3-8,13-16,18-21H,9-12,17H2,1-2H3. The molecule has 0 aromatic heterocycles. The third-order valence-electron chi connectivity index (χ3n) is 6.03. The largest absolute Gasteiger partial charge is 0.419 e. The predicted octanol–water partition coefficient (Wildman–Crippen LogP) is 6.98. The van der Waals surface area contributed by atoms with E-state index < -0.39 is 11.9 Å². The van der Waals surface area contributed by atoms with Gasteiger partial charge in [0.05, 0.1) is 11.1 Å². The van der Waals surface area contributed by atoms with Gasteiger partial charge in [0, 0.05) is 0 Å². The van der Waals surface area contributed by atoms with Crippen LogP contribution in [0.1, 0.15) is 77.3 Å². The van der Waals surface area contributed by atoms with Crippen LogP contribution in [-0.2, 0) is 6.42 Å². The maximum Gasteiger partial charge on any atom is 0.343 e. The van der Waals surface area contributed by atoms with Gasteiger partial charge in [-0.3, -0.25) is 0 Å². The first-order valence-corrected chi connectivity index (χ1v) is 11.7. The Hall–Kier alpha value is -3.40. The minimum absolute atomic E-state index is 0.313. The summed E-state index contributed by atoms with van der Waals surface area (Å²) in [5.41, 5.74) is 2.95. The highest BCUT2D eigenvalue weighted by Crippen LogP contribution is 2.42. The number of esters is 2. The lowest BCUT2D eigenvalue weighted by atomic mass is 9.92. The van der Waals surface area contributed by atoms with Gasteiger partial charge < -0.3 is 9.47 Å². The average Bonchev–Trinajstić information content (AvgIpc) is 3.36. The van der Waals surface area contributed by atoms with Gasteiger partial charge in [-0.1, -0.05) is 69.2 Å². The molecule has 1 saturated carbocycles. The summed E-state index contributed by atoms with van der Waals surface area (Å²) in [7, 11) is 0. The fraction of sp³-hybridized carbons (Fsp3) is 0.310. The molecule has 33 heavy (non-hydrogen) atoms. The molecule has 1 aliphatic rings. The molecule has 0 aliphatic heterocycles. The number of benzene rings is 3. The van der Waals surface area contributed by atoms with E-state index in [1.165, 1.54) is 12.8 Å². The predicted molar refractivity (Wildman–Crippen MR) is 129 cm³/mol. The summed E-state index contributed by atoms with van der Waals surface area (Å²) in [5, 5.41) is 0. The van der Waals surface area contributed by atoms with Crippen molar-refractivity contribution in [2.24, 2.45) is 5.92 Å². The molecule has 0 amide bonds. The fourth-order valence-corrected chi connectivity index (χ4v) is 4.42. The van der Waals surface area contributed by atoms with Crippen LogP contribution in [0, 0.1) is 5.92 Å². The molecule has 0 atom stereocenters. The van der Waals surface area contributed by atoms with Crippen molar-refractivity contribution in [3.63, 3.8) is 0 Å². The molecule has 0 bridgehead atoms. The van der Waals surface area contributed by atoms with E-state index in [2.05, 4.69) is 19.9 Å². The first kappa shape index (κ1) is 22.8. The number of ether oxygens (including phenoxy) is 2. The Morgan fingerprint density at radius 3 is 1.91 bits per heavy atom. The van der Waals surface area contributed by atoms with Crippen LogP contribution in [0.15, 0.2) is 72.8 Å². The first-order valence-electron chi connectivity index (χ1n) is 11.7. The lowest BCUT2D eigenvalue weighted by Gasteiger charge is -2.20. The van der Waals surface area contributed by atoms with Crippen molar-refractivity contribution < 1.29 is 19.1 Å². The monoisotopic (exact) mass is 442 g/mol. The minimum Gasteiger partial charge on any atom is -0.419 e. The van der Waals surface area contributed by atoms with Crippen LogP contribution in [0.4, 0.5) is 0 Å². The van der Waals surface area contributed by atoms with Gasteiger partial charge in [0.25, 0.3) is 0 Å². The lowest BCUT2D eigenvalue weighted by molar-refractivity contribution is 0.0680. The Morgan fingerprint density at radius 2 is 1.36 bits per heavy atom. The molecule has 0 unspecified atom stereocenters. The van der Waals surface area contributed by atoms with Gasteiger partial charge >= 0.3 is 11.9 Å². The Labute approximate surface area is 195 Å². The van der Waals surface area contributed by atoms with Crippen LogP contribution in [0.3, 0.4) is 0 Å². The van der Waals surface area contributed by atoms with Crippen molar-refractivity contribution in [2.45, 2.75) is 51.9 Å². The van der Waals surface area contributed by atoms with Gasteiger partial charge in [0.1, 0.15) is 0 Å². The number of hydrogen-bond acceptors (Lipinski definition) is 4. The van der Waals surface area contributed by atoms with Crippen LogP contribution in [-0.4, -0.2) is 11.9 Å². The number of hydrogen-bond donors (Lipinski definition) is 0. The summed E-state index contributed by atoms with van der Waals surface area (Å²) in [6.45, 7) is 4.25. The van der Waals surface area contributed by atoms with Gasteiger partial charge in [-0.2, -0.15) is 0 Å². The zero-order chi connectivity index (χ0) is 23.2. The summed E-state index contributed by atoms with van der Waals surface area (Å²) in [6, 6.07) is 21.8. The van der Waals surface area contributed by atoms with Crippen LogP contribution in [0.5, 0.6) is 11.5 Å². The van der Waals surface area contributed by atoms with Crippen molar-refractivity contribution in [3.05, 3.63) is 95.1 Å². The van der Waals surface area contributed by atoms with Gasteiger partial charge in [-0.25, -0.2) is 9.59 Å². The second-order valence-electron chi connectivity index (χ2n) is 9.10. The van der Waals surface area contributed by atoms with E-state index in [4.69, 9.17) is 9.47 Å². The Kier molecular flexibility index (Phi) is 7.23. The van der Waals surface area contributed by atoms with E-state index >= 15 is 0 Å². The van der Waals surface area contributed by atoms with E-state index in [1.54, 1.807) is 48.5 Å². The highest BCUT2D eigenvalue weighted by molar-refractivity contribution is 5.93. The minimum atomic E-state index is -0.466. The van der Waals surface area contributed by atoms with Crippen molar-refractivity contribution in [2.75, 3.05) is 0 Å². The van der Waals surface area contributed by atoms with Gasteiger partial charge in [-0.15, -0.1) is 0 Å². The van der Waals surface area contributed by atoms with E-state index in [-0.39, 0.29) is 0 Å². The molecular formula is C29H30O4. The quantitative estimate of drug-likeness (QED) is 0.292. The third kappa shape index (κ3) is 5.70. The average molecular weight is 443 g/mol. The topological polar surface area (TPSA) is 52.6 Å². The summed E-state index contributed by atoms with van der Waals surface area (Å²) in [6.07, 6.45) is 5.36. The summed E-state index contributed by atoms with van der Waals surface area (Å²) < 4.78 is 11.8. The fourth-order valence-electron chi connectivity index (χ4n) is 4.42.